The molecule has 180 valence electrons. The number of aliphatic hydroxyl groups is 1. The molecular weight excluding hydrogens is 442 g/mol. The van der Waals surface area contributed by atoms with E-state index in [0.717, 1.165) is 22.4 Å². The largest absolute Gasteiger partial charge is 0.507 e. The molecule has 0 radical (unpaired) electrons. The summed E-state index contributed by atoms with van der Waals surface area (Å²) in [5, 5.41) is 11.4. The number of anilines is 1. The Bertz CT molecular complexity index is 1270. The fraction of sp³-hybridized carbons (Fsp3) is 0.250. The summed E-state index contributed by atoms with van der Waals surface area (Å²) in [7, 11) is 3.89. The zero-order valence-corrected chi connectivity index (χ0v) is 20.4. The molecule has 3 aromatic rings. The van der Waals surface area contributed by atoms with Crippen LogP contribution in [0.25, 0.3) is 5.76 Å². The van der Waals surface area contributed by atoms with Crippen LogP contribution in [0.5, 0.6) is 5.75 Å². The van der Waals surface area contributed by atoms with Gasteiger partial charge in [-0.15, -0.1) is 0 Å². The van der Waals surface area contributed by atoms with Crippen molar-refractivity contribution in [1.29, 1.82) is 0 Å². The standard InChI is InChI=1S/C28H29N3O4/c1-5-35-22-12-13-23(18(2)15-22)26(32)24-25(20-8-10-21(11-9-20)30(3)4)31(28(34)27(24)33)17-19-7-6-14-29-16-19/h6-16,25,32H,5,17H2,1-4H3/t25-/m0/s1. The van der Waals surface area contributed by atoms with Gasteiger partial charge in [-0.05, 0) is 66.9 Å². The summed E-state index contributed by atoms with van der Waals surface area (Å²) in [6, 6.07) is 15.8. The Hall–Kier alpha value is -4.13. The van der Waals surface area contributed by atoms with Crippen LogP contribution in [0.1, 0.15) is 35.2 Å². The average Bonchev–Trinajstić information content (AvgIpc) is 3.09. The third-order valence-corrected chi connectivity index (χ3v) is 6.10. The van der Waals surface area contributed by atoms with Gasteiger partial charge >= 0.3 is 0 Å². The number of ether oxygens (including phenoxy) is 1. The summed E-state index contributed by atoms with van der Waals surface area (Å²) in [5.41, 5.74) is 3.82. The van der Waals surface area contributed by atoms with Crippen LogP contribution in [0, 0.1) is 6.92 Å². The molecule has 2 heterocycles. The highest BCUT2D eigenvalue weighted by molar-refractivity contribution is 6.46. The maximum atomic E-state index is 13.3. The molecule has 1 saturated heterocycles. The van der Waals surface area contributed by atoms with E-state index in [2.05, 4.69) is 4.98 Å². The molecule has 1 N–H and O–H groups in total. The minimum Gasteiger partial charge on any atom is -0.507 e. The summed E-state index contributed by atoms with van der Waals surface area (Å²) in [5.74, 6) is -0.879. The van der Waals surface area contributed by atoms with E-state index < -0.39 is 17.7 Å². The number of benzene rings is 2. The summed E-state index contributed by atoms with van der Waals surface area (Å²) in [6.07, 6.45) is 3.33. The molecule has 0 bridgehead atoms. The second-order valence-corrected chi connectivity index (χ2v) is 8.68. The zero-order chi connectivity index (χ0) is 25.1. The first-order chi connectivity index (χ1) is 16.8. The van der Waals surface area contributed by atoms with Crippen molar-refractivity contribution in [2.24, 2.45) is 0 Å². The van der Waals surface area contributed by atoms with Crippen LogP contribution in [0.3, 0.4) is 0 Å². The molecule has 2 aromatic carbocycles. The quantitative estimate of drug-likeness (QED) is 0.311. The first-order valence-corrected chi connectivity index (χ1v) is 11.5. The van der Waals surface area contributed by atoms with Crippen LogP contribution in [0.4, 0.5) is 5.69 Å². The lowest BCUT2D eigenvalue weighted by atomic mass is 9.93. The van der Waals surface area contributed by atoms with Crippen molar-refractivity contribution in [3.8, 4) is 5.75 Å². The molecule has 1 aliphatic heterocycles. The third-order valence-electron chi connectivity index (χ3n) is 6.10. The van der Waals surface area contributed by atoms with E-state index in [9.17, 15) is 14.7 Å². The number of amides is 1. The van der Waals surface area contributed by atoms with Crippen molar-refractivity contribution in [3.63, 3.8) is 0 Å². The van der Waals surface area contributed by atoms with E-state index in [-0.39, 0.29) is 17.9 Å². The number of Topliss-reactive ketones (excluding diaryl/α,β-unsaturated/α-hetero) is 1. The number of hydrogen-bond donors (Lipinski definition) is 1. The molecule has 1 fully saturated rings. The molecular formula is C28H29N3O4. The van der Waals surface area contributed by atoms with E-state index in [1.165, 1.54) is 4.90 Å². The fourth-order valence-corrected chi connectivity index (χ4v) is 4.34. The first kappa shape index (κ1) is 24.0. The van der Waals surface area contributed by atoms with Gasteiger partial charge in [0, 0.05) is 44.3 Å². The fourth-order valence-electron chi connectivity index (χ4n) is 4.34. The number of pyridine rings is 1. The van der Waals surface area contributed by atoms with Crippen LogP contribution in [-0.2, 0) is 16.1 Å². The van der Waals surface area contributed by atoms with E-state index in [0.29, 0.717) is 17.9 Å². The number of ketones is 1. The van der Waals surface area contributed by atoms with Crippen molar-refractivity contribution in [2.75, 3.05) is 25.6 Å². The number of rotatable bonds is 7. The average molecular weight is 472 g/mol. The van der Waals surface area contributed by atoms with E-state index >= 15 is 0 Å². The Morgan fingerprint density at radius 2 is 1.86 bits per heavy atom. The third kappa shape index (κ3) is 4.75. The number of likely N-dealkylation sites (tertiary alicyclic amines) is 1. The van der Waals surface area contributed by atoms with Crippen molar-refractivity contribution >= 4 is 23.1 Å². The molecule has 7 nitrogen and oxygen atoms in total. The normalized spacial score (nSPS) is 17.0. The molecule has 0 saturated carbocycles. The highest BCUT2D eigenvalue weighted by Crippen LogP contribution is 2.41. The number of aromatic nitrogens is 1. The van der Waals surface area contributed by atoms with Crippen molar-refractivity contribution < 1.29 is 19.4 Å². The van der Waals surface area contributed by atoms with Gasteiger partial charge in [-0.3, -0.25) is 14.6 Å². The minimum atomic E-state index is -0.739. The van der Waals surface area contributed by atoms with Gasteiger partial charge in [-0.2, -0.15) is 0 Å². The van der Waals surface area contributed by atoms with Gasteiger partial charge in [-0.25, -0.2) is 0 Å². The summed E-state index contributed by atoms with van der Waals surface area (Å²) in [6.45, 7) is 4.45. The second kappa shape index (κ2) is 10.0. The second-order valence-electron chi connectivity index (χ2n) is 8.68. The van der Waals surface area contributed by atoms with E-state index in [4.69, 9.17) is 4.74 Å². The SMILES string of the molecule is CCOc1ccc(C(O)=C2C(=O)C(=O)N(Cc3cccnc3)[C@H]2c2ccc(N(C)C)cc2)c(C)c1. The lowest BCUT2D eigenvalue weighted by Gasteiger charge is -2.26. The Morgan fingerprint density at radius 1 is 1.11 bits per heavy atom. The van der Waals surface area contributed by atoms with Crippen molar-refractivity contribution in [1.82, 2.24) is 9.88 Å². The van der Waals surface area contributed by atoms with E-state index in [1.807, 2.05) is 69.2 Å². The molecule has 0 spiro atoms. The molecule has 1 aromatic heterocycles. The lowest BCUT2D eigenvalue weighted by Crippen LogP contribution is -2.29. The zero-order valence-electron chi connectivity index (χ0n) is 20.4. The molecule has 1 amide bonds. The summed E-state index contributed by atoms with van der Waals surface area (Å²) >= 11 is 0. The van der Waals surface area contributed by atoms with Gasteiger partial charge in [0.25, 0.3) is 11.7 Å². The molecule has 35 heavy (non-hydrogen) atoms. The van der Waals surface area contributed by atoms with Gasteiger partial charge in [0.15, 0.2) is 0 Å². The number of hydrogen-bond acceptors (Lipinski definition) is 6. The molecule has 0 unspecified atom stereocenters. The summed E-state index contributed by atoms with van der Waals surface area (Å²) in [4.78, 5) is 34.1. The van der Waals surface area contributed by atoms with Gasteiger partial charge in [0.2, 0.25) is 0 Å². The topological polar surface area (TPSA) is 83.0 Å². The number of carbonyl (C=O) groups is 2. The minimum absolute atomic E-state index is 0.0729. The predicted molar refractivity (Wildman–Crippen MR) is 135 cm³/mol. The van der Waals surface area contributed by atoms with Crippen molar-refractivity contribution in [2.45, 2.75) is 26.4 Å². The Morgan fingerprint density at radius 3 is 2.46 bits per heavy atom. The molecule has 4 rings (SSSR count). The summed E-state index contributed by atoms with van der Waals surface area (Å²) < 4.78 is 5.55. The van der Waals surface area contributed by atoms with Crippen LogP contribution in [0.15, 0.2) is 72.6 Å². The monoisotopic (exact) mass is 471 g/mol. The van der Waals surface area contributed by atoms with Crippen LogP contribution >= 0.6 is 0 Å². The van der Waals surface area contributed by atoms with E-state index in [1.54, 1.807) is 30.6 Å². The van der Waals surface area contributed by atoms with Crippen LogP contribution in [-0.4, -0.2) is 47.4 Å². The number of aliphatic hydroxyl groups excluding tert-OH is 1. The number of aryl methyl sites for hydroxylation is 1. The van der Waals surface area contributed by atoms with Crippen LogP contribution in [0.2, 0.25) is 0 Å². The number of carbonyl (C=O) groups excluding carboxylic acids is 2. The van der Waals surface area contributed by atoms with Crippen molar-refractivity contribution in [3.05, 3.63) is 94.8 Å². The van der Waals surface area contributed by atoms with Crippen LogP contribution < -0.4 is 9.64 Å². The Kier molecular flexibility index (Phi) is 6.87. The highest BCUT2D eigenvalue weighted by Gasteiger charge is 2.46. The molecule has 7 heteroatoms. The highest BCUT2D eigenvalue weighted by atomic mass is 16.5. The van der Waals surface area contributed by atoms with Gasteiger partial charge in [0.05, 0.1) is 18.2 Å². The lowest BCUT2D eigenvalue weighted by molar-refractivity contribution is -0.140. The van der Waals surface area contributed by atoms with Gasteiger partial charge in [-0.1, -0.05) is 18.2 Å². The molecule has 1 atom stereocenters. The Balaban J connectivity index is 1.85. The smallest absolute Gasteiger partial charge is 0.295 e. The maximum absolute atomic E-state index is 13.3. The maximum Gasteiger partial charge on any atom is 0.295 e. The number of nitrogens with zero attached hydrogens (tertiary/aromatic N) is 3. The Labute approximate surface area is 205 Å². The molecule has 1 aliphatic rings. The first-order valence-electron chi connectivity index (χ1n) is 11.5. The van der Waals surface area contributed by atoms with Gasteiger partial charge in [0.1, 0.15) is 11.5 Å². The molecule has 0 aliphatic carbocycles. The van der Waals surface area contributed by atoms with Gasteiger partial charge < -0.3 is 19.6 Å². The predicted octanol–water partition coefficient (Wildman–Crippen LogP) is 4.48.